The summed E-state index contributed by atoms with van der Waals surface area (Å²) in [7, 11) is 1.64. The van der Waals surface area contributed by atoms with Crippen LogP contribution >= 0.6 is 0 Å². The van der Waals surface area contributed by atoms with Gasteiger partial charge in [0.25, 0.3) is 0 Å². The van der Waals surface area contributed by atoms with Crippen molar-refractivity contribution in [3.63, 3.8) is 0 Å². The molecule has 1 aromatic carbocycles. The average Bonchev–Trinajstić information content (AvgIpc) is 3.40. The van der Waals surface area contributed by atoms with E-state index >= 15 is 0 Å². The SMILES string of the molecule is CCNC(C)(C)c1ccc(-c2[nH]nc(-c3cc(OC)c4ncnn4c3)c2C(C)C)cc1. The van der Waals surface area contributed by atoms with Crippen molar-refractivity contribution in [3.05, 3.63) is 54.0 Å². The van der Waals surface area contributed by atoms with Gasteiger partial charge in [-0.25, -0.2) is 9.50 Å². The first-order valence-corrected chi connectivity index (χ1v) is 10.7. The molecular weight excluding hydrogens is 388 g/mol. The standard InChI is InChI=1S/C24H30N6O/c1-7-26-24(4,5)18-10-8-16(9-11-18)21-20(15(2)3)22(29-28-21)17-12-19(31-6)23-25-14-27-30(23)13-17/h8-15,26H,7H2,1-6H3,(H,28,29). The van der Waals surface area contributed by atoms with Crippen LogP contribution in [0, 0.1) is 0 Å². The third kappa shape index (κ3) is 3.81. The van der Waals surface area contributed by atoms with E-state index in [4.69, 9.17) is 9.84 Å². The molecule has 0 aliphatic heterocycles. The molecule has 0 saturated carbocycles. The lowest BCUT2D eigenvalue weighted by molar-refractivity contribution is 0.416. The van der Waals surface area contributed by atoms with Crippen molar-refractivity contribution in [1.82, 2.24) is 30.1 Å². The van der Waals surface area contributed by atoms with Gasteiger partial charge in [-0.15, -0.1) is 0 Å². The molecule has 0 fully saturated rings. The van der Waals surface area contributed by atoms with Crippen molar-refractivity contribution >= 4 is 5.65 Å². The van der Waals surface area contributed by atoms with Crippen LogP contribution in [0.25, 0.3) is 28.2 Å². The van der Waals surface area contributed by atoms with Gasteiger partial charge in [-0.05, 0) is 43.5 Å². The van der Waals surface area contributed by atoms with Gasteiger partial charge in [0.15, 0.2) is 11.4 Å². The number of hydrogen-bond acceptors (Lipinski definition) is 5. The van der Waals surface area contributed by atoms with E-state index in [1.807, 2.05) is 12.3 Å². The van der Waals surface area contributed by atoms with Crippen LogP contribution in [0.5, 0.6) is 5.75 Å². The summed E-state index contributed by atoms with van der Waals surface area (Å²) in [5.74, 6) is 0.948. The molecule has 31 heavy (non-hydrogen) atoms. The minimum atomic E-state index is -0.0724. The summed E-state index contributed by atoms with van der Waals surface area (Å²) in [5, 5.41) is 15.8. The number of hydrogen-bond donors (Lipinski definition) is 2. The van der Waals surface area contributed by atoms with Gasteiger partial charge in [0.1, 0.15) is 6.33 Å². The summed E-state index contributed by atoms with van der Waals surface area (Å²) in [6, 6.07) is 10.7. The molecule has 0 aliphatic carbocycles. The van der Waals surface area contributed by atoms with Crippen molar-refractivity contribution in [2.45, 2.75) is 46.1 Å². The monoisotopic (exact) mass is 418 g/mol. The summed E-state index contributed by atoms with van der Waals surface area (Å²) in [5.41, 5.74) is 7.03. The molecule has 0 atom stereocenters. The number of fused-ring (bicyclic) bond motifs is 1. The Morgan fingerprint density at radius 1 is 1.16 bits per heavy atom. The minimum Gasteiger partial charge on any atom is -0.493 e. The molecule has 0 saturated heterocycles. The molecule has 3 heterocycles. The van der Waals surface area contributed by atoms with Crippen LogP contribution < -0.4 is 10.1 Å². The molecule has 2 N–H and O–H groups in total. The Labute approximate surface area is 182 Å². The van der Waals surface area contributed by atoms with Crippen molar-refractivity contribution in [2.75, 3.05) is 13.7 Å². The van der Waals surface area contributed by atoms with Crippen molar-refractivity contribution in [1.29, 1.82) is 0 Å². The second kappa shape index (κ2) is 8.15. The van der Waals surface area contributed by atoms with Gasteiger partial charge in [-0.1, -0.05) is 45.0 Å². The van der Waals surface area contributed by atoms with Gasteiger partial charge in [0, 0.05) is 22.9 Å². The molecule has 7 heteroatoms. The molecule has 4 aromatic rings. The Kier molecular flexibility index (Phi) is 5.54. The van der Waals surface area contributed by atoms with E-state index in [1.165, 1.54) is 17.5 Å². The van der Waals surface area contributed by atoms with Crippen molar-refractivity contribution < 1.29 is 4.74 Å². The average molecular weight is 419 g/mol. The lowest BCUT2D eigenvalue weighted by atomic mass is 9.90. The Morgan fingerprint density at radius 2 is 1.90 bits per heavy atom. The Hall–Kier alpha value is -3.19. The highest BCUT2D eigenvalue weighted by atomic mass is 16.5. The zero-order valence-corrected chi connectivity index (χ0v) is 19.0. The first kappa shape index (κ1) is 21.1. The Bertz CT molecular complexity index is 1190. The third-order valence-corrected chi connectivity index (χ3v) is 5.73. The second-order valence-corrected chi connectivity index (χ2v) is 8.57. The number of ether oxygens (including phenoxy) is 1. The summed E-state index contributed by atoms with van der Waals surface area (Å²) >= 11 is 0. The zero-order valence-electron chi connectivity index (χ0n) is 19.0. The molecule has 0 aliphatic rings. The van der Waals surface area contributed by atoms with Crippen LogP contribution in [0.1, 0.15) is 51.7 Å². The minimum absolute atomic E-state index is 0.0724. The first-order chi connectivity index (χ1) is 14.9. The lowest BCUT2D eigenvalue weighted by Crippen LogP contribution is -2.36. The number of pyridine rings is 1. The number of nitrogens with zero attached hydrogens (tertiary/aromatic N) is 4. The Morgan fingerprint density at radius 3 is 2.55 bits per heavy atom. The number of H-pyrrole nitrogens is 1. The van der Waals surface area contributed by atoms with Crippen LogP contribution in [0.2, 0.25) is 0 Å². The van der Waals surface area contributed by atoms with Crippen LogP contribution in [-0.2, 0) is 5.54 Å². The quantitative estimate of drug-likeness (QED) is 0.452. The van der Waals surface area contributed by atoms with Gasteiger partial charge < -0.3 is 10.1 Å². The maximum atomic E-state index is 5.54. The van der Waals surface area contributed by atoms with E-state index in [0.29, 0.717) is 11.4 Å². The van der Waals surface area contributed by atoms with Gasteiger partial charge in [-0.3, -0.25) is 5.10 Å². The highest BCUT2D eigenvalue weighted by Crippen LogP contribution is 2.37. The predicted octanol–water partition coefficient (Wildman–Crippen LogP) is 4.76. The molecule has 162 valence electrons. The number of benzene rings is 1. The van der Waals surface area contributed by atoms with Gasteiger partial charge in [-0.2, -0.15) is 10.2 Å². The van der Waals surface area contributed by atoms with Crippen LogP contribution in [0.4, 0.5) is 0 Å². The maximum absolute atomic E-state index is 5.54. The van der Waals surface area contributed by atoms with Gasteiger partial charge in [0.2, 0.25) is 0 Å². The first-order valence-electron chi connectivity index (χ1n) is 10.7. The van der Waals surface area contributed by atoms with E-state index in [9.17, 15) is 0 Å². The molecule has 7 nitrogen and oxygen atoms in total. The number of aromatic amines is 1. The predicted molar refractivity (Wildman–Crippen MR) is 123 cm³/mol. The van der Waals surface area contributed by atoms with E-state index in [-0.39, 0.29) is 11.5 Å². The normalized spacial score (nSPS) is 12.1. The largest absolute Gasteiger partial charge is 0.493 e. The molecular formula is C24H30N6O. The van der Waals surface area contributed by atoms with E-state index in [2.05, 4.69) is 79.4 Å². The maximum Gasteiger partial charge on any atom is 0.197 e. The number of rotatable bonds is 7. The van der Waals surface area contributed by atoms with Crippen LogP contribution in [0.15, 0.2) is 42.9 Å². The fraction of sp³-hybridized carbons (Fsp3) is 0.375. The highest BCUT2D eigenvalue weighted by Gasteiger charge is 2.22. The van der Waals surface area contributed by atoms with Crippen molar-refractivity contribution in [2.24, 2.45) is 0 Å². The van der Waals surface area contributed by atoms with Crippen LogP contribution in [0.3, 0.4) is 0 Å². The van der Waals surface area contributed by atoms with E-state index in [0.717, 1.165) is 29.1 Å². The van der Waals surface area contributed by atoms with Gasteiger partial charge >= 0.3 is 0 Å². The fourth-order valence-corrected chi connectivity index (χ4v) is 4.13. The molecule has 0 radical (unpaired) electrons. The summed E-state index contributed by atoms with van der Waals surface area (Å²) in [6.07, 6.45) is 3.47. The summed E-state index contributed by atoms with van der Waals surface area (Å²) < 4.78 is 7.26. The second-order valence-electron chi connectivity index (χ2n) is 8.57. The number of nitrogens with one attached hydrogen (secondary N) is 2. The molecule has 0 unspecified atom stereocenters. The zero-order chi connectivity index (χ0) is 22.2. The highest BCUT2D eigenvalue weighted by molar-refractivity contribution is 5.76. The molecule has 4 rings (SSSR count). The number of methoxy groups -OCH3 is 1. The van der Waals surface area contributed by atoms with E-state index in [1.54, 1.807) is 11.6 Å². The van der Waals surface area contributed by atoms with Crippen LogP contribution in [-0.4, -0.2) is 38.4 Å². The molecule has 0 spiro atoms. The molecule has 3 aromatic heterocycles. The van der Waals surface area contributed by atoms with Crippen molar-refractivity contribution in [3.8, 4) is 28.3 Å². The van der Waals surface area contributed by atoms with E-state index < -0.39 is 0 Å². The van der Waals surface area contributed by atoms with Gasteiger partial charge in [0.05, 0.1) is 18.5 Å². The smallest absolute Gasteiger partial charge is 0.197 e. The fourth-order valence-electron chi connectivity index (χ4n) is 4.13. The summed E-state index contributed by atoms with van der Waals surface area (Å²) in [4.78, 5) is 4.27. The molecule has 0 bridgehead atoms. The number of aromatic nitrogens is 5. The Balaban J connectivity index is 1.79. The third-order valence-electron chi connectivity index (χ3n) is 5.73. The topological polar surface area (TPSA) is 80.1 Å². The molecule has 0 amide bonds. The summed E-state index contributed by atoms with van der Waals surface area (Å²) in [6.45, 7) is 11.8. The lowest BCUT2D eigenvalue weighted by Gasteiger charge is -2.26.